The van der Waals surface area contributed by atoms with Crippen LogP contribution in [0.4, 0.5) is 0 Å². The molecule has 1 N–H and O–H groups in total. The molecular weight excluding hydrogens is 238 g/mol. The second-order valence-electron chi connectivity index (χ2n) is 5.23. The van der Waals surface area contributed by atoms with Crippen LogP contribution < -0.4 is 14.8 Å². The molecule has 106 valence electrons. The van der Waals surface area contributed by atoms with Gasteiger partial charge in [0.2, 0.25) is 0 Å². The molecular formula is C16H25NO2. The number of rotatable bonds is 7. The lowest BCUT2D eigenvalue weighted by molar-refractivity contribution is 0.226. The predicted molar refractivity (Wildman–Crippen MR) is 77.9 cm³/mol. The fraction of sp³-hybridized carbons (Fsp3) is 0.625. The first kappa shape index (κ1) is 14.2. The minimum absolute atomic E-state index is 0.412. The average Bonchev–Trinajstić information content (AvgIpc) is 2.40. The molecule has 1 saturated carbocycles. The van der Waals surface area contributed by atoms with E-state index in [1.807, 2.05) is 12.1 Å². The zero-order valence-electron chi connectivity index (χ0n) is 12.2. The summed E-state index contributed by atoms with van der Waals surface area (Å²) in [7, 11) is 3.42. The maximum atomic E-state index is 5.55. The van der Waals surface area contributed by atoms with E-state index in [4.69, 9.17) is 9.47 Å². The van der Waals surface area contributed by atoms with Crippen molar-refractivity contribution in [1.29, 1.82) is 0 Å². The van der Waals surface area contributed by atoms with Crippen LogP contribution in [-0.2, 0) is 0 Å². The minimum Gasteiger partial charge on any atom is -0.497 e. The van der Waals surface area contributed by atoms with E-state index >= 15 is 0 Å². The molecule has 19 heavy (non-hydrogen) atoms. The van der Waals surface area contributed by atoms with E-state index in [-0.39, 0.29) is 0 Å². The topological polar surface area (TPSA) is 30.5 Å². The smallest absolute Gasteiger partial charge is 0.127 e. The standard InChI is InChI=1S/C16H25NO2/c1-4-10-17-16(12-6-5-7-12)14-9-8-13(18-2)11-15(14)19-3/h8-9,11-12,16-17H,4-7,10H2,1-3H3. The van der Waals surface area contributed by atoms with Gasteiger partial charge in [-0.25, -0.2) is 0 Å². The number of hydrogen-bond donors (Lipinski definition) is 1. The molecule has 3 heteroatoms. The molecule has 1 aliphatic rings. The molecule has 1 aliphatic carbocycles. The molecule has 1 unspecified atom stereocenters. The highest BCUT2D eigenvalue weighted by molar-refractivity contribution is 5.43. The third-order valence-electron chi connectivity index (χ3n) is 4.01. The van der Waals surface area contributed by atoms with E-state index in [1.54, 1.807) is 14.2 Å². The van der Waals surface area contributed by atoms with Crippen LogP contribution >= 0.6 is 0 Å². The van der Waals surface area contributed by atoms with Crippen molar-refractivity contribution in [2.24, 2.45) is 5.92 Å². The Morgan fingerprint density at radius 1 is 1.26 bits per heavy atom. The molecule has 1 atom stereocenters. The van der Waals surface area contributed by atoms with E-state index in [1.165, 1.54) is 24.8 Å². The summed E-state index contributed by atoms with van der Waals surface area (Å²) < 4.78 is 10.8. The highest BCUT2D eigenvalue weighted by Crippen LogP contribution is 2.41. The van der Waals surface area contributed by atoms with Crippen LogP contribution in [0.1, 0.15) is 44.2 Å². The van der Waals surface area contributed by atoms with Crippen molar-refractivity contribution in [1.82, 2.24) is 5.32 Å². The zero-order valence-corrected chi connectivity index (χ0v) is 12.2. The van der Waals surface area contributed by atoms with Crippen LogP contribution in [0.3, 0.4) is 0 Å². The quantitative estimate of drug-likeness (QED) is 0.816. The lowest BCUT2D eigenvalue weighted by atomic mass is 9.77. The Morgan fingerprint density at radius 2 is 2.05 bits per heavy atom. The molecule has 2 rings (SSSR count). The molecule has 1 aromatic rings. The van der Waals surface area contributed by atoms with Gasteiger partial charge in [-0.1, -0.05) is 19.4 Å². The van der Waals surface area contributed by atoms with Gasteiger partial charge in [-0.15, -0.1) is 0 Å². The fourth-order valence-corrected chi connectivity index (χ4v) is 2.68. The lowest BCUT2D eigenvalue weighted by Crippen LogP contribution is -2.33. The molecule has 0 saturated heterocycles. The maximum Gasteiger partial charge on any atom is 0.127 e. The number of hydrogen-bond acceptors (Lipinski definition) is 3. The van der Waals surface area contributed by atoms with E-state index < -0.39 is 0 Å². The van der Waals surface area contributed by atoms with Gasteiger partial charge in [0.05, 0.1) is 14.2 Å². The van der Waals surface area contributed by atoms with Gasteiger partial charge in [0.1, 0.15) is 11.5 Å². The summed E-state index contributed by atoms with van der Waals surface area (Å²) in [5.74, 6) is 2.53. The van der Waals surface area contributed by atoms with Crippen LogP contribution in [0.5, 0.6) is 11.5 Å². The van der Waals surface area contributed by atoms with Gasteiger partial charge in [-0.05, 0) is 37.8 Å². The molecule has 1 fully saturated rings. The number of nitrogens with one attached hydrogen (secondary N) is 1. The third kappa shape index (κ3) is 3.21. The molecule has 0 aromatic heterocycles. The minimum atomic E-state index is 0.412. The van der Waals surface area contributed by atoms with E-state index in [9.17, 15) is 0 Å². The Balaban J connectivity index is 2.23. The van der Waals surface area contributed by atoms with Crippen LogP contribution in [0, 0.1) is 5.92 Å². The molecule has 0 bridgehead atoms. The molecule has 1 aromatic carbocycles. The Hall–Kier alpha value is -1.22. The fourth-order valence-electron chi connectivity index (χ4n) is 2.68. The number of benzene rings is 1. The van der Waals surface area contributed by atoms with Gasteiger partial charge in [-0.3, -0.25) is 0 Å². The summed E-state index contributed by atoms with van der Waals surface area (Å²) in [4.78, 5) is 0. The molecule has 0 spiro atoms. The first-order valence-corrected chi connectivity index (χ1v) is 7.25. The van der Waals surface area contributed by atoms with Crippen molar-refractivity contribution < 1.29 is 9.47 Å². The van der Waals surface area contributed by atoms with Crippen LogP contribution in [0.15, 0.2) is 18.2 Å². The predicted octanol–water partition coefficient (Wildman–Crippen LogP) is 3.54. The van der Waals surface area contributed by atoms with Crippen molar-refractivity contribution >= 4 is 0 Å². The van der Waals surface area contributed by atoms with Crippen molar-refractivity contribution in [2.75, 3.05) is 20.8 Å². The normalized spacial score (nSPS) is 16.8. The summed E-state index contributed by atoms with van der Waals surface area (Å²) in [6.45, 7) is 3.26. The molecule has 0 radical (unpaired) electrons. The second-order valence-corrected chi connectivity index (χ2v) is 5.23. The zero-order chi connectivity index (χ0) is 13.7. The maximum absolute atomic E-state index is 5.55. The molecule has 0 amide bonds. The van der Waals surface area contributed by atoms with Crippen molar-refractivity contribution in [2.45, 2.75) is 38.6 Å². The highest BCUT2D eigenvalue weighted by atomic mass is 16.5. The Bertz CT molecular complexity index is 402. The summed E-state index contributed by atoms with van der Waals surface area (Å²) in [5.41, 5.74) is 1.27. The number of ether oxygens (including phenoxy) is 2. The van der Waals surface area contributed by atoms with E-state index in [0.29, 0.717) is 6.04 Å². The Kier molecular flexibility index (Phi) is 5.08. The molecule has 0 aliphatic heterocycles. The van der Waals surface area contributed by atoms with Gasteiger partial charge in [0.25, 0.3) is 0 Å². The van der Waals surface area contributed by atoms with Crippen LogP contribution in [0.25, 0.3) is 0 Å². The van der Waals surface area contributed by atoms with Gasteiger partial charge in [0.15, 0.2) is 0 Å². The first-order valence-electron chi connectivity index (χ1n) is 7.25. The molecule has 0 heterocycles. The second kappa shape index (κ2) is 6.80. The van der Waals surface area contributed by atoms with Gasteiger partial charge in [0, 0.05) is 17.7 Å². The SMILES string of the molecule is CCCNC(c1ccc(OC)cc1OC)C1CCC1. The summed E-state index contributed by atoms with van der Waals surface area (Å²) in [5, 5.41) is 3.68. The summed E-state index contributed by atoms with van der Waals surface area (Å²) in [6.07, 6.45) is 5.14. The van der Waals surface area contributed by atoms with Crippen molar-refractivity contribution in [3.63, 3.8) is 0 Å². The van der Waals surface area contributed by atoms with Gasteiger partial charge in [-0.2, -0.15) is 0 Å². The monoisotopic (exact) mass is 263 g/mol. The van der Waals surface area contributed by atoms with Gasteiger partial charge >= 0.3 is 0 Å². The lowest BCUT2D eigenvalue weighted by Gasteiger charge is -2.35. The van der Waals surface area contributed by atoms with Crippen molar-refractivity contribution in [3.8, 4) is 11.5 Å². The first-order chi connectivity index (χ1) is 9.30. The highest BCUT2D eigenvalue weighted by Gasteiger charge is 2.29. The van der Waals surface area contributed by atoms with E-state index in [0.717, 1.165) is 30.4 Å². The Labute approximate surface area is 116 Å². The Morgan fingerprint density at radius 3 is 2.58 bits per heavy atom. The average molecular weight is 263 g/mol. The van der Waals surface area contributed by atoms with Crippen molar-refractivity contribution in [3.05, 3.63) is 23.8 Å². The summed E-state index contributed by atoms with van der Waals surface area (Å²) >= 11 is 0. The van der Waals surface area contributed by atoms with E-state index in [2.05, 4.69) is 18.3 Å². The van der Waals surface area contributed by atoms with Crippen LogP contribution in [-0.4, -0.2) is 20.8 Å². The number of methoxy groups -OCH3 is 2. The summed E-state index contributed by atoms with van der Waals surface area (Å²) in [6, 6.07) is 6.56. The van der Waals surface area contributed by atoms with Crippen LogP contribution in [0.2, 0.25) is 0 Å². The third-order valence-corrected chi connectivity index (χ3v) is 4.01. The molecule has 3 nitrogen and oxygen atoms in total. The van der Waals surface area contributed by atoms with Gasteiger partial charge < -0.3 is 14.8 Å². The largest absolute Gasteiger partial charge is 0.497 e.